The van der Waals surface area contributed by atoms with Crippen molar-refractivity contribution in [3.8, 4) is 11.3 Å². The maximum absolute atomic E-state index is 11.6. The van der Waals surface area contributed by atoms with Gasteiger partial charge < -0.3 is 10.2 Å². The Morgan fingerprint density at radius 1 is 1.38 bits per heavy atom. The molecule has 0 spiro atoms. The van der Waals surface area contributed by atoms with Gasteiger partial charge in [0.1, 0.15) is 11.5 Å². The molecule has 1 amide bonds. The molecule has 0 aliphatic carbocycles. The van der Waals surface area contributed by atoms with Crippen LogP contribution >= 0.6 is 0 Å². The number of nitrogens with two attached hydrogens (primary N) is 1. The predicted molar refractivity (Wildman–Crippen MR) is 105 cm³/mol. The maximum Gasteiger partial charge on any atom is 0.270 e. The van der Waals surface area contributed by atoms with E-state index in [1.165, 1.54) is 18.3 Å². The normalized spacial score (nSPS) is 17.3. The number of carbonyl (C=O) groups excluding carboxylic acids is 1. The van der Waals surface area contributed by atoms with Crippen molar-refractivity contribution in [3.63, 3.8) is 0 Å². The lowest BCUT2D eigenvalue weighted by Gasteiger charge is -2.31. The number of aromatic amines is 1. The number of benzene rings is 1. The zero-order valence-electron chi connectivity index (χ0n) is 15.7. The number of rotatable bonds is 6. The highest BCUT2D eigenvalue weighted by atomic mass is 16.6. The van der Waals surface area contributed by atoms with Crippen molar-refractivity contribution in [2.75, 3.05) is 13.1 Å². The van der Waals surface area contributed by atoms with Gasteiger partial charge in [0, 0.05) is 30.2 Å². The number of amides is 1. The van der Waals surface area contributed by atoms with Crippen molar-refractivity contribution >= 4 is 11.6 Å². The van der Waals surface area contributed by atoms with Gasteiger partial charge in [-0.2, -0.15) is 5.10 Å². The van der Waals surface area contributed by atoms with E-state index in [-0.39, 0.29) is 11.6 Å². The number of non-ortho nitro benzene ring substituents is 1. The molecule has 1 aromatic carbocycles. The van der Waals surface area contributed by atoms with Crippen LogP contribution in [0.5, 0.6) is 0 Å². The molecule has 2 aromatic heterocycles. The number of furan rings is 1. The van der Waals surface area contributed by atoms with Crippen molar-refractivity contribution in [3.05, 3.63) is 69.7 Å². The number of nitrogens with one attached hydrogen (secondary N) is 1. The van der Waals surface area contributed by atoms with E-state index >= 15 is 0 Å². The number of nitro benzene ring substituents is 1. The zero-order valence-corrected chi connectivity index (χ0v) is 15.7. The van der Waals surface area contributed by atoms with Crippen LogP contribution in [0.15, 0.2) is 47.0 Å². The van der Waals surface area contributed by atoms with Gasteiger partial charge >= 0.3 is 0 Å². The average Bonchev–Trinajstić information content (AvgIpc) is 3.38. The second-order valence-corrected chi connectivity index (χ2v) is 7.21. The molecule has 0 radical (unpaired) electrons. The minimum Gasteiger partial charge on any atom is -0.460 e. The number of hydrogen-bond donors (Lipinski definition) is 2. The first-order chi connectivity index (χ1) is 14.0. The number of nitrogens with zero attached hydrogens (tertiary/aromatic N) is 3. The molecule has 1 saturated heterocycles. The summed E-state index contributed by atoms with van der Waals surface area (Å²) in [6, 6.07) is 10.1. The lowest BCUT2D eigenvalue weighted by molar-refractivity contribution is -0.384. The Balaban J connectivity index is 1.46. The van der Waals surface area contributed by atoms with Crippen LogP contribution in [0, 0.1) is 10.1 Å². The van der Waals surface area contributed by atoms with E-state index in [0.717, 1.165) is 37.4 Å². The van der Waals surface area contributed by atoms with Gasteiger partial charge in [-0.25, -0.2) is 0 Å². The number of hydrogen-bond acceptors (Lipinski definition) is 6. The summed E-state index contributed by atoms with van der Waals surface area (Å²) in [5, 5.41) is 17.9. The van der Waals surface area contributed by atoms with Crippen LogP contribution in [0.4, 0.5) is 5.69 Å². The Kier molecular flexibility index (Phi) is 5.13. The number of piperidine rings is 1. The molecule has 0 unspecified atom stereocenters. The minimum atomic E-state index is -0.474. The van der Waals surface area contributed by atoms with Gasteiger partial charge in [0.15, 0.2) is 0 Å². The first kappa shape index (κ1) is 18.9. The van der Waals surface area contributed by atoms with E-state index in [2.05, 4.69) is 15.1 Å². The highest BCUT2D eigenvalue weighted by Crippen LogP contribution is 2.30. The van der Waals surface area contributed by atoms with Crippen LogP contribution in [0.1, 0.15) is 40.6 Å². The highest BCUT2D eigenvalue weighted by Gasteiger charge is 2.26. The van der Waals surface area contributed by atoms with Crippen LogP contribution < -0.4 is 5.73 Å². The third-order valence-corrected chi connectivity index (χ3v) is 5.23. The largest absolute Gasteiger partial charge is 0.460 e. The molecule has 29 heavy (non-hydrogen) atoms. The molecule has 9 nitrogen and oxygen atoms in total. The lowest BCUT2D eigenvalue weighted by Crippen LogP contribution is -2.34. The number of primary amides is 1. The Hall–Kier alpha value is -3.46. The van der Waals surface area contributed by atoms with Gasteiger partial charge in [-0.15, -0.1) is 0 Å². The van der Waals surface area contributed by atoms with Crippen LogP contribution in [0.3, 0.4) is 0 Å². The first-order valence-electron chi connectivity index (χ1n) is 9.40. The number of aromatic nitrogens is 2. The van der Waals surface area contributed by atoms with E-state index in [1.807, 2.05) is 12.1 Å². The molecule has 1 atom stereocenters. The van der Waals surface area contributed by atoms with E-state index in [9.17, 15) is 14.9 Å². The molecule has 4 rings (SSSR count). The SMILES string of the molecule is NC(=O)c1cn[nH]c1[C@@H]1CCCN(Cc2ccc(-c3cccc([N+](=O)[O-])c3)o2)C1. The van der Waals surface area contributed by atoms with Crippen molar-refractivity contribution in [1.29, 1.82) is 0 Å². The number of likely N-dealkylation sites (tertiary alicyclic amines) is 1. The fraction of sp³-hybridized carbons (Fsp3) is 0.300. The molecule has 0 saturated carbocycles. The van der Waals surface area contributed by atoms with E-state index in [1.54, 1.807) is 12.1 Å². The van der Waals surface area contributed by atoms with Gasteiger partial charge in [-0.1, -0.05) is 12.1 Å². The summed E-state index contributed by atoms with van der Waals surface area (Å²) in [5.74, 6) is 1.06. The summed E-state index contributed by atoms with van der Waals surface area (Å²) in [6.45, 7) is 2.30. The number of carbonyl (C=O) groups is 1. The maximum atomic E-state index is 11.6. The number of H-pyrrole nitrogens is 1. The molecular formula is C20H21N5O4. The molecule has 3 aromatic rings. The molecule has 3 N–H and O–H groups in total. The second-order valence-electron chi connectivity index (χ2n) is 7.21. The van der Waals surface area contributed by atoms with Crippen LogP contribution in [0.2, 0.25) is 0 Å². The summed E-state index contributed by atoms with van der Waals surface area (Å²) in [4.78, 5) is 24.4. The topological polar surface area (TPSA) is 131 Å². The third kappa shape index (κ3) is 4.04. The Labute approximate surface area is 166 Å². The third-order valence-electron chi connectivity index (χ3n) is 5.23. The standard InChI is InChI=1S/C20H21N5O4/c21-20(26)17-10-22-23-19(17)14-4-2-8-24(11-14)12-16-6-7-18(29-16)13-3-1-5-15(9-13)25(27)28/h1,3,5-7,9-10,14H,2,4,8,11-12H2,(H2,21,26)(H,22,23)/t14-/m1/s1. The summed E-state index contributed by atoms with van der Waals surface area (Å²) < 4.78 is 5.94. The predicted octanol–water partition coefficient (Wildman–Crippen LogP) is 3.06. The molecule has 9 heteroatoms. The quantitative estimate of drug-likeness (QED) is 0.487. The average molecular weight is 395 g/mol. The molecule has 0 bridgehead atoms. The molecule has 1 aliphatic rings. The number of nitro groups is 1. The van der Waals surface area contributed by atoms with E-state index in [4.69, 9.17) is 10.2 Å². The van der Waals surface area contributed by atoms with E-state index < -0.39 is 10.8 Å². The zero-order chi connectivity index (χ0) is 20.4. The molecule has 1 aliphatic heterocycles. The van der Waals surface area contributed by atoms with E-state index in [0.29, 0.717) is 23.4 Å². The molecule has 150 valence electrons. The summed E-state index contributed by atoms with van der Waals surface area (Å²) in [6.07, 6.45) is 3.42. The second kappa shape index (κ2) is 7.88. The summed E-state index contributed by atoms with van der Waals surface area (Å²) in [5.41, 5.74) is 7.38. The van der Waals surface area contributed by atoms with Gasteiger partial charge in [0.2, 0.25) is 0 Å². The van der Waals surface area contributed by atoms with Crippen molar-refractivity contribution < 1.29 is 14.1 Å². The smallest absolute Gasteiger partial charge is 0.270 e. The monoisotopic (exact) mass is 395 g/mol. The summed E-state index contributed by atoms with van der Waals surface area (Å²) >= 11 is 0. The molecule has 1 fully saturated rings. The van der Waals surface area contributed by atoms with Gasteiger partial charge in [-0.3, -0.25) is 24.9 Å². The minimum absolute atomic E-state index is 0.0316. The van der Waals surface area contributed by atoms with Gasteiger partial charge in [0.25, 0.3) is 11.6 Å². The fourth-order valence-corrected chi connectivity index (χ4v) is 3.85. The van der Waals surface area contributed by atoms with Crippen LogP contribution in [-0.4, -0.2) is 39.0 Å². The Morgan fingerprint density at radius 2 is 2.24 bits per heavy atom. The Bertz CT molecular complexity index is 1040. The summed E-state index contributed by atoms with van der Waals surface area (Å²) in [7, 11) is 0. The highest BCUT2D eigenvalue weighted by molar-refractivity contribution is 5.93. The van der Waals surface area contributed by atoms with Crippen molar-refractivity contribution in [2.24, 2.45) is 5.73 Å². The van der Waals surface area contributed by atoms with Crippen LogP contribution in [0.25, 0.3) is 11.3 Å². The van der Waals surface area contributed by atoms with Gasteiger partial charge in [0.05, 0.1) is 28.9 Å². The fourth-order valence-electron chi connectivity index (χ4n) is 3.85. The van der Waals surface area contributed by atoms with Gasteiger partial charge in [-0.05, 0) is 31.5 Å². The first-order valence-corrected chi connectivity index (χ1v) is 9.40. The lowest BCUT2D eigenvalue weighted by atomic mass is 9.92. The molecular weight excluding hydrogens is 374 g/mol. The molecule has 3 heterocycles. The van der Waals surface area contributed by atoms with Crippen LogP contribution in [-0.2, 0) is 6.54 Å². The Morgan fingerprint density at radius 3 is 3.03 bits per heavy atom. The van der Waals surface area contributed by atoms with Crippen molar-refractivity contribution in [2.45, 2.75) is 25.3 Å². The van der Waals surface area contributed by atoms with Crippen molar-refractivity contribution in [1.82, 2.24) is 15.1 Å².